The van der Waals surface area contributed by atoms with E-state index in [0.29, 0.717) is 36.2 Å². The van der Waals surface area contributed by atoms with Crippen LogP contribution in [0.5, 0.6) is 0 Å². The number of aromatic nitrogens is 1. The van der Waals surface area contributed by atoms with Gasteiger partial charge in [-0.1, -0.05) is 0 Å². The summed E-state index contributed by atoms with van der Waals surface area (Å²) in [5, 5.41) is 0. The molecule has 0 spiro atoms. The van der Waals surface area contributed by atoms with Crippen LogP contribution in [0.4, 0.5) is 10.2 Å². The number of hydrogen-bond acceptors (Lipinski definition) is 4. The second-order valence-corrected chi connectivity index (χ2v) is 5.16. The van der Waals surface area contributed by atoms with Gasteiger partial charge in [-0.3, -0.25) is 4.79 Å². The molecule has 0 saturated carbocycles. The quantitative estimate of drug-likeness (QED) is 0.786. The van der Waals surface area contributed by atoms with Crippen molar-refractivity contribution in [2.75, 3.05) is 25.1 Å². The number of piperidine rings is 1. The first-order chi connectivity index (χ1) is 8.61. The van der Waals surface area contributed by atoms with Crippen LogP contribution in [0.2, 0.25) is 0 Å². The lowest BCUT2D eigenvalue weighted by Crippen LogP contribution is -2.37. The molecule has 2 rings (SSSR count). The molecule has 0 unspecified atom stereocenters. The zero-order valence-corrected chi connectivity index (χ0v) is 11.6. The van der Waals surface area contributed by atoms with Crippen LogP contribution in [-0.4, -0.2) is 31.2 Å². The van der Waals surface area contributed by atoms with Crippen LogP contribution in [0.15, 0.2) is 16.7 Å². The lowest BCUT2D eigenvalue weighted by atomic mass is 9.97. The number of esters is 1. The predicted molar refractivity (Wildman–Crippen MR) is 68.8 cm³/mol. The van der Waals surface area contributed by atoms with Gasteiger partial charge in [-0.2, -0.15) is 0 Å². The highest BCUT2D eigenvalue weighted by Crippen LogP contribution is 2.25. The molecule has 1 fully saturated rings. The molecule has 0 atom stereocenters. The number of pyridine rings is 1. The van der Waals surface area contributed by atoms with Crippen molar-refractivity contribution in [1.29, 1.82) is 0 Å². The van der Waals surface area contributed by atoms with Crippen LogP contribution < -0.4 is 4.90 Å². The van der Waals surface area contributed by atoms with Crippen molar-refractivity contribution in [2.45, 2.75) is 12.8 Å². The van der Waals surface area contributed by atoms with Gasteiger partial charge in [-0.15, -0.1) is 0 Å². The molecule has 1 aromatic heterocycles. The number of halogens is 2. The van der Waals surface area contributed by atoms with Crippen LogP contribution in [0.25, 0.3) is 0 Å². The highest BCUT2D eigenvalue weighted by atomic mass is 79.9. The molecule has 2 heterocycles. The lowest BCUT2D eigenvalue weighted by molar-refractivity contribution is -0.146. The van der Waals surface area contributed by atoms with Crippen molar-refractivity contribution in [3.63, 3.8) is 0 Å². The number of hydrogen-bond donors (Lipinski definition) is 0. The van der Waals surface area contributed by atoms with E-state index in [-0.39, 0.29) is 17.7 Å². The average Bonchev–Trinajstić information content (AvgIpc) is 2.38. The Bertz CT molecular complexity index is 448. The van der Waals surface area contributed by atoms with Gasteiger partial charge in [0.15, 0.2) is 11.6 Å². The Morgan fingerprint density at radius 3 is 2.78 bits per heavy atom. The summed E-state index contributed by atoms with van der Waals surface area (Å²) >= 11 is 3.18. The summed E-state index contributed by atoms with van der Waals surface area (Å²) in [4.78, 5) is 17.3. The van der Waals surface area contributed by atoms with Gasteiger partial charge in [0.05, 0.1) is 13.0 Å². The minimum absolute atomic E-state index is 0.0789. The van der Waals surface area contributed by atoms with Gasteiger partial charge >= 0.3 is 5.97 Å². The first kappa shape index (κ1) is 13.3. The molecule has 4 nitrogen and oxygen atoms in total. The maximum absolute atomic E-state index is 13.7. The number of methoxy groups -OCH3 is 1. The summed E-state index contributed by atoms with van der Waals surface area (Å²) in [6.45, 7) is 1.23. The molecule has 1 aliphatic heterocycles. The fourth-order valence-electron chi connectivity index (χ4n) is 2.13. The molecule has 0 bridgehead atoms. The third-order valence-corrected chi connectivity index (χ3v) is 3.55. The normalized spacial score (nSPS) is 16.7. The van der Waals surface area contributed by atoms with Crippen molar-refractivity contribution in [1.82, 2.24) is 4.98 Å². The summed E-state index contributed by atoms with van der Waals surface area (Å²) in [7, 11) is 1.39. The van der Waals surface area contributed by atoms with Crippen molar-refractivity contribution in [2.24, 2.45) is 5.92 Å². The van der Waals surface area contributed by atoms with Gasteiger partial charge in [0.25, 0.3) is 0 Å². The molecule has 1 saturated heterocycles. The van der Waals surface area contributed by atoms with Gasteiger partial charge in [0.2, 0.25) is 0 Å². The highest BCUT2D eigenvalue weighted by molar-refractivity contribution is 9.10. The predicted octanol–water partition coefficient (Wildman–Crippen LogP) is 2.37. The van der Waals surface area contributed by atoms with E-state index >= 15 is 0 Å². The zero-order chi connectivity index (χ0) is 13.1. The lowest BCUT2D eigenvalue weighted by Gasteiger charge is -2.31. The summed E-state index contributed by atoms with van der Waals surface area (Å²) in [5.74, 6) is -0.258. The molecule has 0 radical (unpaired) electrons. The molecule has 0 aromatic carbocycles. The van der Waals surface area contributed by atoms with E-state index in [9.17, 15) is 9.18 Å². The standard InChI is InChI=1S/C12H14BrFN2O2/c1-18-12(17)8-2-4-16(5-3-8)11-10(14)6-9(13)7-15-11/h6-8H,2-5H2,1H3. The summed E-state index contributed by atoms with van der Waals surface area (Å²) < 4.78 is 19.1. The zero-order valence-electron chi connectivity index (χ0n) is 10.0. The van der Waals surface area contributed by atoms with E-state index < -0.39 is 0 Å². The topological polar surface area (TPSA) is 42.4 Å². The summed E-state index contributed by atoms with van der Waals surface area (Å²) in [6.07, 6.45) is 2.92. The fraction of sp³-hybridized carbons (Fsp3) is 0.500. The van der Waals surface area contributed by atoms with Crippen LogP contribution in [0.3, 0.4) is 0 Å². The van der Waals surface area contributed by atoms with Crippen LogP contribution in [-0.2, 0) is 9.53 Å². The van der Waals surface area contributed by atoms with Crippen LogP contribution in [0, 0.1) is 11.7 Å². The molecule has 1 aromatic rings. The number of nitrogens with zero attached hydrogens (tertiary/aromatic N) is 2. The SMILES string of the molecule is COC(=O)C1CCN(c2ncc(Br)cc2F)CC1. The van der Waals surface area contributed by atoms with Crippen LogP contribution in [0.1, 0.15) is 12.8 Å². The minimum Gasteiger partial charge on any atom is -0.469 e. The molecule has 0 N–H and O–H groups in total. The number of ether oxygens (including phenoxy) is 1. The van der Waals surface area contributed by atoms with E-state index in [2.05, 4.69) is 20.9 Å². The van der Waals surface area contributed by atoms with E-state index in [1.807, 2.05) is 4.90 Å². The molecule has 1 aliphatic rings. The molecule has 0 aliphatic carbocycles. The molecule has 0 amide bonds. The Morgan fingerprint density at radius 2 is 2.22 bits per heavy atom. The Balaban J connectivity index is 2.03. The van der Waals surface area contributed by atoms with Gasteiger partial charge in [0.1, 0.15) is 0 Å². The Hall–Kier alpha value is -1.17. The maximum atomic E-state index is 13.7. The number of rotatable bonds is 2. The first-order valence-electron chi connectivity index (χ1n) is 5.75. The Morgan fingerprint density at radius 1 is 1.56 bits per heavy atom. The first-order valence-corrected chi connectivity index (χ1v) is 6.55. The van der Waals surface area contributed by atoms with E-state index in [0.717, 1.165) is 0 Å². The largest absolute Gasteiger partial charge is 0.469 e. The van der Waals surface area contributed by atoms with Gasteiger partial charge < -0.3 is 9.64 Å². The smallest absolute Gasteiger partial charge is 0.308 e. The molecule has 98 valence electrons. The van der Waals surface area contributed by atoms with Crippen molar-refractivity contribution >= 4 is 27.7 Å². The molecule has 6 heteroatoms. The number of carbonyl (C=O) groups excluding carboxylic acids is 1. The van der Waals surface area contributed by atoms with Gasteiger partial charge in [0, 0.05) is 23.8 Å². The van der Waals surface area contributed by atoms with Gasteiger partial charge in [-0.25, -0.2) is 9.37 Å². The van der Waals surface area contributed by atoms with E-state index in [1.165, 1.54) is 13.2 Å². The van der Waals surface area contributed by atoms with Crippen molar-refractivity contribution in [3.05, 3.63) is 22.6 Å². The molecule has 18 heavy (non-hydrogen) atoms. The van der Waals surface area contributed by atoms with Gasteiger partial charge in [-0.05, 0) is 34.8 Å². The molecular weight excluding hydrogens is 303 g/mol. The third-order valence-electron chi connectivity index (χ3n) is 3.12. The second kappa shape index (κ2) is 5.65. The van der Waals surface area contributed by atoms with Crippen molar-refractivity contribution in [3.8, 4) is 0 Å². The average molecular weight is 317 g/mol. The van der Waals surface area contributed by atoms with Crippen molar-refractivity contribution < 1.29 is 13.9 Å². The Kier molecular flexibility index (Phi) is 4.16. The summed E-state index contributed by atoms with van der Waals surface area (Å²) in [6, 6.07) is 1.40. The highest BCUT2D eigenvalue weighted by Gasteiger charge is 2.27. The summed E-state index contributed by atoms with van der Waals surface area (Å²) in [5.41, 5.74) is 0. The number of carbonyl (C=O) groups is 1. The minimum atomic E-state index is -0.346. The van der Waals surface area contributed by atoms with E-state index in [1.54, 1.807) is 6.20 Å². The monoisotopic (exact) mass is 316 g/mol. The van der Waals surface area contributed by atoms with Crippen LogP contribution >= 0.6 is 15.9 Å². The molecular formula is C12H14BrFN2O2. The maximum Gasteiger partial charge on any atom is 0.308 e. The van der Waals surface area contributed by atoms with E-state index in [4.69, 9.17) is 4.74 Å². The Labute approximate surface area is 113 Å². The number of anilines is 1. The second-order valence-electron chi connectivity index (χ2n) is 4.24. The fourth-order valence-corrected chi connectivity index (χ4v) is 2.44. The third kappa shape index (κ3) is 2.80.